The average Bonchev–Trinajstić information content (AvgIpc) is 3.03. The highest BCUT2D eigenvalue weighted by atomic mass is 35.5. The van der Waals surface area contributed by atoms with Crippen LogP contribution in [0, 0.1) is 6.92 Å². The Hall–Kier alpha value is -2.58. The minimum absolute atomic E-state index is 0.194. The van der Waals surface area contributed by atoms with Crippen LogP contribution in [-0.4, -0.2) is 28.3 Å². The SMILES string of the molecule is Cc1cn([C@H]2C[C@H](N=[N+]=[N-])[C@@H](COCc3ccc(Cl)cc3)O2)c(=O)[nH]c1=O. The summed E-state index contributed by atoms with van der Waals surface area (Å²) in [5.41, 5.74) is 9.12. The number of rotatable bonds is 6. The predicted molar refractivity (Wildman–Crippen MR) is 98.6 cm³/mol. The van der Waals surface area contributed by atoms with Crippen LogP contribution in [0.1, 0.15) is 23.8 Å². The van der Waals surface area contributed by atoms with Crippen molar-refractivity contribution in [2.75, 3.05) is 6.61 Å². The van der Waals surface area contributed by atoms with Gasteiger partial charge in [-0.25, -0.2) is 4.79 Å². The van der Waals surface area contributed by atoms with Gasteiger partial charge in [-0.05, 0) is 30.2 Å². The Morgan fingerprint density at radius 2 is 2.15 bits per heavy atom. The Labute approximate surface area is 159 Å². The van der Waals surface area contributed by atoms with Crippen LogP contribution in [0.3, 0.4) is 0 Å². The number of hydrogen-bond donors (Lipinski definition) is 1. The molecule has 1 fully saturated rings. The highest BCUT2D eigenvalue weighted by Crippen LogP contribution is 2.30. The highest BCUT2D eigenvalue weighted by Gasteiger charge is 2.36. The molecule has 0 amide bonds. The van der Waals surface area contributed by atoms with Crippen LogP contribution >= 0.6 is 11.6 Å². The first-order chi connectivity index (χ1) is 13.0. The maximum atomic E-state index is 12.1. The fraction of sp³-hybridized carbons (Fsp3) is 0.412. The van der Waals surface area contributed by atoms with Crippen molar-refractivity contribution in [2.45, 2.75) is 38.3 Å². The van der Waals surface area contributed by atoms with Crippen LogP contribution in [0.25, 0.3) is 10.4 Å². The zero-order valence-electron chi connectivity index (χ0n) is 14.5. The fourth-order valence-electron chi connectivity index (χ4n) is 2.90. The van der Waals surface area contributed by atoms with Crippen molar-refractivity contribution >= 4 is 11.6 Å². The average molecular weight is 392 g/mol. The normalized spacial score (nSPS) is 21.8. The molecular weight excluding hydrogens is 374 g/mol. The number of aromatic nitrogens is 2. The molecule has 0 radical (unpaired) electrons. The van der Waals surface area contributed by atoms with Gasteiger partial charge in [0.25, 0.3) is 5.56 Å². The molecule has 1 aliphatic heterocycles. The lowest BCUT2D eigenvalue weighted by molar-refractivity contribution is -0.0488. The van der Waals surface area contributed by atoms with Gasteiger partial charge >= 0.3 is 5.69 Å². The largest absolute Gasteiger partial charge is 0.374 e. The molecule has 2 heterocycles. The molecule has 10 heteroatoms. The Balaban J connectivity index is 1.68. The van der Waals surface area contributed by atoms with Crippen molar-refractivity contribution in [1.82, 2.24) is 9.55 Å². The molecule has 1 aromatic heterocycles. The van der Waals surface area contributed by atoms with Crippen LogP contribution in [0.2, 0.25) is 5.02 Å². The Morgan fingerprint density at radius 3 is 2.85 bits per heavy atom. The molecular formula is C17H18ClN5O4. The smallest absolute Gasteiger partial charge is 0.330 e. The molecule has 27 heavy (non-hydrogen) atoms. The number of nitrogens with zero attached hydrogens (tertiary/aromatic N) is 4. The van der Waals surface area contributed by atoms with Crippen LogP contribution < -0.4 is 11.2 Å². The van der Waals surface area contributed by atoms with E-state index in [4.69, 9.17) is 26.6 Å². The number of aromatic amines is 1. The van der Waals surface area contributed by atoms with E-state index in [1.165, 1.54) is 10.8 Å². The molecule has 0 aliphatic carbocycles. The van der Waals surface area contributed by atoms with Gasteiger partial charge in [-0.2, -0.15) is 0 Å². The Morgan fingerprint density at radius 1 is 1.41 bits per heavy atom. The molecule has 1 aromatic carbocycles. The molecule has 9 nitrogen and oxygen atoms in total. The molecule has 0 bridgehead atoms. The quantitative estimate of drug-likeness (QED) is 0.462. The van der Waals surface area contributed by atoms with E-state index in [9.17, 15) is 9.59 Å². The second-order valence-electron chi connectivity index (χ2n) is 6.26. The molecule has 2 aromatic rings. The second kappa shape index (κ2) is 8.41. The van der Waals surface area contributed by atoms with E-state index in [1.807, 2.05) is 12.1 Å². The van der Waals surface area contributed by atoms with E-state index >= 15 is 0 Å². The van der Waals surface area contributed by atoms with Crippen molar-refractivity contribution < 1.29 is 9.47 Å². The van der Waals surface area contributed by atoms with Crippen molar-refractivity contribution in [2.24, 2.45) is 5.11 Å². The summed E-state index contributed by atoms with van der Waals surface area (Å²) in [6.07, 6.45) is 0.602. The van der Waals surface area contributed by atoms with Crippen molar-refractivity contribution in [3.05, 3.63) is 77.9 Å². The first kappa shape index (κ1) is 19.2. The monoisotopic (exact) mass is 391 g/mol. The van der Waals surface area contributed by atoms with Gasteiger partial charge in [0.1, 0.15) is 6.23 Å². The molecule has 1 aliphatic rings. The second-order valence-corrected chi connectivity index (χ2v) is 6.69. The van der Waals surface area contributed by atoms with Gasteiger partial charge in [-0.1, -0.05) is 28.8 Å². The lowest BCUT2D eigenvalue weighted by Gasteiger charge is -2.17. The van der Waals surface area contributed by atoms with Crippen LogP contribution in [0.15, 0.2) is 45.2 Å². The Bertz CT molecular complexity index is 965. The van der Waals surface area contributed by atoms with Crippen LogP contribution in [-0.2, 0) is 16.1 Å². The molecule has 1 saturated heterocycles. The van der Waals surface area contributed by atoms with E-state index in [1.54, 1.807) is 19.1 Å². The number of hydrogen-bond acceptors (Lipinski definition) is 5. The first-order valence-electron chi connectivity index (χ1n) is 8.32. The minimum Gasteiger partial charge on any atom is -0.374 e. The maximum Gasteiger partial charge on any atom is 0.330 e. The van der Waals surface area contributed by atoms with Crippen molar-refractivity contribution in [1.29, 1.82) is 0 Å². The third-order valence-electron chi connectivity index (χ3n) is 4.32. The summed E-state index contributed by atoms with van der Waals surface area (Å²) in [6, 6.07) is 6.78. The lowest BCUT2D eigenvalue weighted by atomic mass is 10.1. The first-order valence-corrected chi connectivity index (χ1v) is 8.69. The fourth-order valence-corrected chi connectivity index (χ4v) is 3.02. The van der Waals surface area contributed by atoms with Gasteiger partial charge in [0.15, 0.2) is 0 Å². The number of azide groups is 1. The van der Waals surface area contributed by atoms with E-state index in [0.717, 1.165) is 5.56 Å². The Kier molecular flexibility index (Phi) is 5.98. The lowest BCUT2D eigenvalue weighted by Crippen LogP contribution is -2.33. The summed E-state index contributed by atoms with van der Waals surface area (Å²) in [7, 11) is 0. The number of nitrogens with one attached hydrogen (secondary N) is 1. The number of aryl methyl sites for hydroxylation is 1. The summed E-state index contributed by atoms with van der Waals surface area (Å²) in [6.45, 7) is 2.14. The number of halogens is 1. The van der Waals surface area contributed by atoms with Gasteiger partial charge in [0.05, 0.1) is 25.4 Å². The topological polar surface area (TPSA) is 122 Å². The number of benzene rings is 1. The standard InChI is InChI=1S/C17H18ClN5O4/c1-10-7-23(17(25)20-16(10)24)15-6-13(21-22-19)14(27-15)9-26-8-11-2-4-12(18)5-3-11/h2-5,7,13-15H,6,8-9H2,1H3,(H,20,24,25)/t13-,14+,15+/m0/s1. The maximum absolute atomic E-state index is 12.1. The zero-order chi connectivity index (χ0) is 19.4. The zero-order valence-corrected chi connectivity index (χ0v) is 15.3. The van der Waals surface area contributed by atoms with Crippen molar-refractivity contribution in [3.63, 3.8) is 0 Å². The number of H-pyrrole nitrogens is 1. The molecule has 3 rings (SSSR count). The molecule has 0 spiro atoms. The van der Waals surface area contributed by atoms with Crippen LogP contribution in [0.5, 0.6) is 0 Å². The summed E-state index contributed by atoms with van der Waals surface area (Å²) in [5.74, 6) is 0. The van der Waals surface area contributed by atoms with Gasteiger partial charge in [0, 0.05) is 28.1 Å². The third kappa shape index (κ3) is 4.58. The molecule has 142 valence electrons. The number of ether oxygens (including phenoxy) is 2. The summed E-state index contributed by atoms with van der Waals surface area (Å²) < 4.78 is 12.9. The van der Waals surface area contributed by atoms with Gasteiger partial charge in [-0.15, -0.1) is 0 Å². The van der Waals surface area contributed by atoms with Gasteiger partial charge in [-0.3, -0.25) is 14.3 Å². The summed E-state index contributed by atoms with van der Waals surface area (Å²) >= 11 is 5.85. The van der Waals surface area contributed by atoms with Gasteiger partial charge in [0.2, 0.25) is 0 Å². The van der Waals surface area contributed by atoms with Crippen molar-refractivity contribution in [3.8, 4) is 0 Å². The molecule has 0 unspecified atom stereocenters. The van der Waals surface area contributed by atoms with Gasteiger partial charge < -0.3 is 9.47 Å². The molecule has 0 saturated carbocycles. The third-order valence-corrected chi connectivity index (χ3v) is 4.58. The van der Waals surface area contributed by atoms with Crippen LogP contribution in [0.4, 0.5) is 0 Å². The minimum atomic E-state index is -0.646. The van der Waals surface area contributed by atoms with E-state index < -0.39 is 29.6 Å². The van der Waals surface area contributed by atoms with E-state index in [-0.39, 0.29) is 6.61 Å². The molecule has 3 atom stereocenters. The predicted octanol–water partition coefficient (Wildman–Crippen LogP) is 2.68. The van der Waals surface area contributed by atoms with E-state index in [2.05, 4.69) is 15.0 Å². The van der Waals surface area contributed by atoms with E-state index in [0.29, 0.717) is 23.6 Å². The summed E-state index contributed by atoms with van der Waals surface area (Å²) in [5, 5.41) is 4.40. The molecule has 1 N–H and O–H groups in total. The highest BCUT2D eigenvalue weighted by molar-refractivity contribution is 6.30. The summed E-state index contributed by atoms with van der Waals surface area (Å²) in [4.78, 5) is 28.7.